The average Bonchev–Trinajstić information content (AvgIpc) is 3.35. The van der Waals surface area contributed by atoms with Crippen LogP contribution in [-0.4, -0.2) is 46.6 Å². The number of aromatic nitrogens is 2. The maximum absolute atomic E-state index is 13.0. The third-order valence-corrected chi connectivity index (χ3v) is 5.15. The summed E-state index contributed by atoms with van der Waals surface area (Å²) >= 11 is 0. The van der Waals surface area contributed by atoms with E-state index in [1.165, 1.54) is 12.8 Å². The lowest BCUT2D eigenvalue weighted by atomic mass is 10.0. The van der Waals surface area contributed by atoms with Crippen LogP contribution in [-0.2, 0) is 0 Å². The second kappa shape index (κ2) is 7.30. The first kappa shape index (κ1) is 18.1. The quantitative estimate of drug-likeness (QED) is 0.903. The van der Waals surface area contributed by atoms with Crippen LogP contribution in [0.3, 0.4) is 0 Å². The lowest BCUT2D eigenvalue weighted by Crippen LogP contribution is -2.45. The molecule has 4 rings (SSSR count). The highest BCUT2D eigenvalue weighted by atomic mass is 35.5. The number of pyridine rings is 1. The average molecular weight is 365 g/mol. The van der Waals surface area contributed by atoms with Gasteiger partial charge in [-0.2, -0.15) is 0 Å². The fourth-order valence-electron chi connectivity index (χ4n) is 3.50. The number of amides is 1. The van der Waals surface area contributed by atoms with Gasteiger partial charge in [0.2, 0.25) is 0 Å². The number of halogens is 1. The van der Waals surface area contributed by atoms with Crippen molar-refractivity contribution in [1.82, 2.24) is 20.4 Å². The number of carbonyl (C=O) groups excluding carboxylic acids is 1. The molecule has 0 bridgehead atoms. The van der Waals surface area contributed by atoms with Crippen LogP contribution in [0.1, 0.15) is 47.4 Å². The number of fused-ring (bicyclic) bond motifs is 1. The van der Waals surface area contributed by atoms with Gasteiger partial charge in [0.05, 0.1) is 16.6 Å². The summed E-state index contributed by atoms with van der Waals surface area (Å²) < 4.78 is 5.24. The molecule has 1 N–H and O–H groups in total. The normalized spacial score (nSPS) is 18.4. The molecule has 1 aliphatic carbocycles. The molecule has 0 radical (unpaired) electrons. The number of hydrogen-bond acceptors (Lipinski definition) is 5. The van der Waals surface area contributed by atoms with Crippen molar-refractivity contribution < 1.29 is 9.32 Å². The minimum Gasteiger partial charge on any atom is -0.339 e. The SMILES string of the molecule is Cc1cc(C(=O)N2CCC(NCC3CC3)CC2)c2c(C)noc2n1.Cl. The molecule has 0 aromatic carbocycles. The third-order valence-electron chi connectivity index (χ3n) is 5.15. The maximum Gasteiger partial charge on any atom is 0.258 e. The smallest absolute Gasteiger partial charge is 0.258 e. The van der Waals surface area contributed by atoms with Crippen LogP contribution in [0.25, 0.3) is 11.1 Å². The van der Waals surface area contributed by atoms with Crippen LogP contribution in [0.5, 0.6) is 0 Å². The van der Waals surface area contributed by atoms with Crippen LogP contribution >= 0.6 is 12.4 Å². The topological polar surface area (TPSA) is 71.3 Å². The second-order valence-electron chi connectivity index (χ2n) is 7.18. The summed E-state index contributed by atoms with van der Waals surface area (Å²) in [5.74, 6) is 0.965. The molecule has 2 fully saturated rings. The van der Waals surface area contributed by atoms with Gasteiger partial charge in [-0.15, -0.1) is 12.4 Å². The van der Waals surface area contributed by atoms with Crippen LogP contribution in [0, 0.1) is 19.8 Å². The highest BCUT2D eigenvalue weighted by Crippen LogP contribution is 2.28. The van der Waals surface area contributed by atoms with Gasteiger partial charge in [0.25, 0.3) is 11.6 Å². The Hall–Kier alpha value is -1.66. The zero-order valence-corrected chi connectivity index (χ0v) is 15.6. The Balaban J connectivity index is 0.00000182. The molecule has 3 heterocycles. The van der Waals surface area contributed by atoms with Crippen LogP contribution < -0.4 is 5.32 Å². The number of nitrogens with one attached hydrogen (secondary N) is 1. The van der Waals surface area contributed by atoms with E-state index in [2.05, 4.69) is 15.5 Å². The van der Waals surface area contributed by atoms with Gasteiger partial charge in [-0.3, -0.25) is 4.79 Å². The van der Waals surface area contributed by atoms with Crippen molar-refractivity contribution >= 4 is 29.4 Å². The van der Waals surface area contributed by atoms with E-state index in [0.29, 0.717) is 17.3 Å². The summed E-state index contributed by atoms with van der Waals surface area (Å²) in [4.78, 5) is 19.3. The Morgan fingerprint density at radius 1 is 1.28 bits per heavy atom. The summed E-state index contributed by atoms with van der Waals surface area (Å²) in [7, 11) is 0. The molecule has 0 unspecified atom stereocenters. The zero-order chi connectivity index (χ0) is 16.7. The van der Waals surface area contributed by atoms with Gasteiger partial charge >= 0.3 is 0 Å². The summed E-state index contributed by atoms with van der Waals surface area (Å²) in [6.07, 6.45) is 4.79. The molecule has 7 heteroatoms. The molecule has 0 atom stereocenters. The predicted octanol–water partition coefficient (Wildman–Crippen LogP) is 2.87. The van der Waals surface area contributed by atoms with Crippen LogP contribution in [0.4, 0.5) is 0 Å². The first-order valence-electron chi connectivity index (χ1n) is 8.88. The standard InChI is InChI=1S/C18H24N4O2.ClH/c1-11-9-15(16-12(2)21-24-17(16)20-11)18(23)22-7-5-14(6-8-22)19-10-13-3-4-13;/h9,13-14,19H,3-8,10H2,1-2H3;1H. The van der Waals surface area contributed by atoms with E-state index in [0.717, 1.165) is 55.2 Å². The Morgan fingerprint density at radius 3 is 2.68 bits per heavy atom. The Labute approximate surface area is 153 Å². The van der Waals surface area contributed by atoms with Crippen molar-refractivity contribution in [2.24, 2.45) is 5.92 Å². The molecular formula is C18H25ClN4O2. The minimum atomic E-state index is 0. The number of hydrogen-bond donors (Lipinski definition) is 1. The number of carbonyl (C=O) groups is 1. The summed E-state index contributed by atoms with van der Waals surface area (Å²) in [6, 6.07) is 2.40. The molecule has 2 aliphatic rings. The Morgan fingerprint density at radius 2 is 2.00 bits per heavy atom. The van der Waals surface area contributed by atoms with Gasteiger partial charge in [-0.25, -0.2) is 4.98 Å². The second-order valence-corrected chi connectivity index (χ2v) is 7.18. The van der Waals surface area contributed by atoms with Crippen molar-refractivity contribution in [2.75, 3.05) is 19.6 Å². The summed E-state index contributed by atoms with van der Waals surface area (Å²) in [6.45, 7) is 6.47. The highest BCUT2D eigenvalue weighted by molar-refractivity contribution is 6.06. The largest absolute Gasteiger partial charge is 0.339 e. The third kappa shape index (κ3) is 3.80. The number of rotatable bonds is 4. The number of likely N-dealkylation sites (tertiary alicyclic amines) is 1. The van der Waals surface area contributed by atoms with E-state index < -0.39 is 0 Å². The van der Waals surface area contributed by atoms with Crippen LogP contribution in [0.15, 0.2) is 10.6 Å². The zero-order valence-electron chi connectivity index (χ0n) is 14.7. The molecule has 0 spiro atoms. The molecule has 6 nitrogen and oxygen atoms in total. The van der Waals surface area contributed by atoms with Gasteiger partial charge in [-0.1, -0.05) is 5.16 Å². The van der Waals surface area contributed by atoms with E-state index in [1.807, 2.05) is 24.8 Å². The highest BCUT2D eigenvalue weighted by Gasteiger charge is 2.28. The van der Waals surface area contributed by atoms with E-state index in [-0.39, 0.29) is 18.3 Å². The number of nitrogens with zero attached hydrogens (tertiary/aromatic N) is 3. The number of aryl methyl sites for hydroxylation is 2. The summed E-state index contributed by atoms with van der Waals surface area (Å²) in [5, 5.41) is 8.37. The Kier molecular flexibility index (Phi) is 5.29. The van der Waals surface area contributed by atoms with E-state index >= 15 is 0 Å². The van der Waals surface area contributed by atoms with Crippen molar-refractivity contribution in [1.29, 1.82) is 0 Å². The van der Waals surface area contributed by atoms with Crippen molar-refractivity contribution in [3.8, 4) is 0 Å². The lowest BCUT2D eigenvalue weighted by Gasteiger charge is -2.32. The van der Waals surface area contributed by atoms with Crippen molar-refractivity contribution in [3.05, 3.63) is 23.0 Å². The number of piperidine rings is 1. The minimum absolute atomic E-state index is 0. The molecule has 2 aromatic heterocycles. The van der Waals surface area contributed by atoms with Gasteiger partial charge in [0.15, 0.2) is 0 Å². The van der Waals surface area contributed by atoms with Crippen LogP contribution in [0.2, 0.25) is 0 Å². The lowest BCUT2D eigenvalue weighted by molar-refractivity contribution is 0.0706. The summed E-state index contributed by atoms with van der Waals surface area (Å²) in [5.41, 5.74) is 2.63. The molecule has 1 saturated heterocycles. The first-order chi connectivity index (χ1) is 11.6. The molecular weight excluding hydrogens is 340 g/mol. The van der Waals surface area contributed by atoms with Gasteiger partial charge in [0, 0.05) is 24.8 Å². The van der Waals surface area contributed by atoms with Gasteiger partial charge in [-0.05, 0) is 58.1 Å². The molecule has 1 saturated carbocycles. The molecule has 1 aliphatic heterocycles. The van der Waals surface area contributed by atoms with E-state index in [4.69, 9.17) is 4.52 Å². The molecule has 2 aromatic rings. The van der Waals surface area contributed by atoms with Gasteiger partial charge in [0.1, 0.15) is 0 Å². The van der Waals surface area contributed by atoms with Gasteiger partial charge < -0.3 is 14.7 Å². The van der Waals surface area contributed by atoms with Crippen molar-refractivity contribution in [3.63, 3.8) is 0 Å². The maximum atomic E-state index is 13.0. The Bertz CT molecular complexity index is 764. The van der Waals surface area contributed by atoms with Crippen molar-refractivity contribution in [2.45, 2.75) is 45.6 Å². The monoisotopic (exact) mass is 364 g/mol. The molecule has 1 amide bonds. The predicted molar refractivity (Wildman–Crippen MR) is 98.2 cm³/mol. The van der Waals surface area contributed by atoms with E-state index in [1.54, 1.807) is 0 Å². The fraction of sp³-hybridized carbons (Fsp3) is 0.611. The molecule has 136 valence electrons. The van der Waals surface area contributed by atoms with E-state index in [9.17, 15) is 4.79 Å². The molecule has 25 heavy (non-hydrogen) atoms. The first-order valence-corrected chi connectivity index (χ1v) is 8.88. The fourth-order valence-corrected chi connectivity index (χ4v) is 3.50.